The van der Waals surface area contributed by atoms with Gasteiger partial charge < -0.3 is 10.2 Å². The topological polar surface area (TPSA) is 61.4 Å². The molecule has 5 heteroatoms. The van der Waals surface area contributed by atoms with Crippen LogP contribution in [0.2, 0.25) is 0 Å². The number of fused-ring (bicyclic) bond motifs is 1. The van der Waals surface area contributed by atoms with Gasteiger partial charge in [0.05, 0.1) is 6.54 Å². The molecule has 2 aliphatic rings. The summed E-state index contributed by atoms with van der Waals surface area (Å²) in [5.74, 6) is -0.239. The number of carbonyl (C=O) groups is 2. The van der Waals surface area contributed by atoms with E-state index in [9.17, 15) is 9.59 Å². The van der Waals surface area contributed by atoms with Gasteiger partial charge in [0.1, 0.15) is 0 Å². The minimum absolute atomic E-state index is 0.213. The van der Waals surface area contributed by atoms with Crippen molar-refractivity contribution in [2.45, 2.75) is 57.9 Å². The maximum Gasteiger partial charge on any atom is 0.321 e. The fraction of sp³-hybridized carbons (Fsp3) is 0.579. The third kappa shape index (κ3) is 4.28. The van der Waals surface area contributed by atoms with Crippen molar-refractivity contribution < 1.29 is 9.59 Å². The van der Waals surface area contributed by atoms with Crippen LogP contribution in [0.25, 0.3) is 0 Å². The molecular formula is C19H27N3O2. The predicted molar refractivity (Wildman–Crippen MR) is 95.3 cm³/mol. The molecule has 0 radical (unpaired) electrons. The van der Waals surface area contributed by atoms with Crippen molar-refractivity contribution in [2.24, 2.45) is 0 Å². The first-order valence-corrected chi connectivity index (χ1v) is 9.06. The van der Waals surface area contributed by atoms with E-state index in [1.807, 2.05) is 0 Å². The Kier molecular flexibility index (Phi) is 5.38. The van der Waals surface area contributed by atoms with Crippen molar-refractivity contribution in [3.63, 3.8) is 0 Å². The van der Waals surface area contributed by atoms with Crippen LogP contribution >= 0.6 is 0 Å². The summed E-state index contributed by atoms with van der Waals surface area (Å²) in [6.45, 7) is 3.17. The monoisotopic (exact) mass is 329 g/mol. The lowest BCUT2D eigenvalue weighted by atomic mass is 9.96. The summed E-state index contributed by atoms with van der Waals surface area (Å²) in [7, 11) is 0. The Hall–Kier alpha value is -2.04. The van der Waals surface area contributed by atoms with E-state index in [1.54, 1.807) is 0 Å². The van der Waals surface area contributed by atoms with Gasteiger partial charge in [-0.3, -0.25) is 10.1 Å². The van der Waals surface area contributed by atoms with E-state index in [-0.39, 0.29) is 24.5 Å². The van der Waals surface area contributed by atoms with Crippen LogP contribution in [-0.4, -0.2) is 31.1 Å². The molecule has 0 saturated heterocycles. The molecular weight excluding hydrogens is 302 g/mol. The number of urea groups is 1. The second-order valence-electron chi connectivity index (χ2n) is 7.01. The summed E-state index contributed by atoms with van der Waals surface area (Å²) in [6, 6.07) is 6.21. The second kappa shape index (κ2) is 7.69. The van der Waals surface area contributed by atoms with Crippen molar-refractivity contribution in [1.29, 1.82) is 0 Å². The Balaban J connectivity index is 1.53. The van der Waals surface area contributed by atoms with Gasteiger partial charge in [-0.25, -0.2) is 4.79 Å². The SMILES string of the molecule is Cc1ccc2c(c1)CCCN2CC(=O)NC(=O)NC1CCCCC1. The van der Waals surface area contributed by atoms with Gasteiger partial charge in [-0.1, -0.05) is 37.0 Å². The van der Waals surface area contributed by atoms with Gasteiger partial charge in [0.25, 0.3) is 0 Å². The molecule has 0 atom stereocenters. The fourth-order valence-corrected chi connectivity index (χ4v) is 3.78. The predicted octanol–water partition coefficient (Wildman–Crippen LogP) is 2.91. The fourth-order valence-electron chi connectivity index (χ4n) is 3.78. The highest BCUT2D eigenvalue weighted by Crippen LogP contribution is 2.27. The largest absolute Gasteiger partial charge is 0.362 e. The van der Waals surface area contributed by atoms with Crippen LogP contribution in [0.1, 0.15) is 49.7 Å². The lowest BCUT2D eigenvalue weighted by molar-refractivity contribution is -0.118. The Morgan fingerprint density at radius 1 is 1.17 bits per heavy atom. The first-order chi connectivity index (χ1) is 11.6. The molecule has 1 aliphatic heterocycles. The average Bonchev–Trinajstić information content (AvgIpc) is 2.55. The molecule has 1 aromatic carbocycles. The minimum Gasteiger partial charge on any atom is -0.362 e. The van der Waals surface area contributed by atoms with Crippen LogP contribution in [-0.2, 0) is 11.2 Å². The molecule has 5 nitrogen and oxygen atoms in total. The third-order valence-corrected chi connectivity index (χ3v) is 4.98. The van der Waals surface area contributed by atoms with Gasteiger partial charge in [-0.05, 0) is 44.2 Å². The number of amides is 3. The first kappa shape index (κ1) is 16.8. The van der Waals surface area contributed by atoms with Crippen LogP contribution in [0.3, 0.4) is 0 Å². The highest BCUT2D eigenvalue weighted by Gasteiger charge is 2.21. The summed E-state index contributed by atoms with van der Waals surface area (Å²) in [5.41, 5.74) is 3.65. The molecule has 0 aromatic heterocycles. The zero-order valence-electron chi connectivity index (χ0n) is 14.4. The number of carbonyl (C=O) groups excluding carboxylic acids is 2. The van der Waals surface area contributed by atoms with E-state index < -0.39 is 0 Å². The van der Waals surface area contributed by atoms with Crippen molar-refractivity contribution >= 4 is 17.6 Å². The summed E-state index contributed by atoms with van der Waals surface area (Å²) < 4.78 is 0. The van der Waals surface area contributed by atoms with E-state index in [0.717, 1.165) is 50.8 Å². The zero-order chi connectivity index (χ0) is 16.9. The molecule has 3 rings (SSSR count). The average molecular weight is 329 g/mol. The molecule has 24 heavy (non-hydrogen) atoms. The smallest absolute Gasteiger partial charge is 0.321 e. The Morgan fingerprint density at radius 2 is 1.96 bits per heavy atom. The van der Waals surface area contributed by atoms with Crippen LogP contribution in [0.5, 0.6) is 0 Å². The number of nitrogens with one attached hydrogen (secondary N) is 2. The number of hydrogen-bond acceptors (Lipinski definition) is 3. The number of aryl methyl sites for hydroxylation is 2. The highest BCUT2D eigenvalue weighted by atomic mass is 16.2. The highest BCUT2D eigenvalue weighted by molar-refractivity contribution is 5.96. The van der Waals surface area contributed by atoms with E-state index >= 15 is 0 Å². The van der Waals surface area contributed by atoms with Gasteiger partial charge in [0, 0.05) is 18.3 Å². The molecule has 130 valence electrons. The maximum absolute atomic E-state index is 12.2. The molecule has 0 bridgehead atoms. The second-order valence-corrected chi connectivity index (χ2v) is 7.01. The van der Waals surface area contributed by atoms with E-state index in [1.165, 1.54) is 17.5 Å². The van der Waals surface area contributed by atoms with Crippen LogP contribution < -0.4 is 15.5 Å². The number of benzene rings is 1. The normalized spacial score (nSPS) is 18.0. The molecule has 1 saturated carbocycles. The molecule has 0 spiro atoms. The summed E-state index contributed by atoms with van der Waals surface area (Å²) >= 11 is 0. The Bertz CT molecular complexity index is 609. The molecule has 1 fully saturated rings. The minimum atomic E-state index is -0.354. The van der Waals surface area contributed by atoms with Crippen LogP contribution in [0, 0.1) is 6.92 Å². The molecule has 1 aromatic rings. The number of imide groups is 1. The quantitative estimate of drug-likeness (QED) is 0.896. The van der Waals surface area contributed by atoms with Gasteiger partial charge in [-0.2, -0.15) is 0 Å². The maximum atomic E-state index is 12.2. The molecule has 1 heterocycles. The summed E-state index contributed by atoms with van der Waals surface area (Å²) in [5, 5.41) is 5.41. The van der Waals surface area contributed by atoms with E-state index in [0.29, 0.717) is 0 Å². The Labute approximate surface area is 143 Å². The number of anilines is 1. The van der Waals surface area contributed by atoms with Crippen LogP contribution in [0.15, 0.2) is 18.2 Å². The van der Waals surface area contributed by atoms with Crippen molar-refractivity contribution in [2.75, 3.05) is 18.0 Å². The molecule has 0 unspecified atom stereocenters. The molecule has 1 aliphatic carbocycles. The number of hydrogen-bond donors (Lipinski definition) is 2. The van der Waals surface area contributed by atoms with Crippen molar-refractivity contribution in [3.8, 4) is 0 Å². The molecule has 2 N–H and O–H groups in total. The standard InChI is InChI=1S/C19H27N3O2/c1-14-9-10-17-15(12-14)6-5-11-22(17)13-18(23)21-19(24)20-16-7-3-2-4-8-16/h9-10,12,16H,2-8,11,13H2,1H3,(H2,20,21,23,24). The first-order valence-electron chi connectivity index (χ1n) is 9.06. The summed E-state index contributed by atoms with van der Waals surface area (Å²) in [6.07, 6.45) is 7.68. The van der Waals surface area contributed by atoms with Gasteiger partial charge in [0.2, 0.25) is 5.91 Å². The van der Waals surface area contributed by atoms with Gasteiger partial charge >= 0.3 is 6.03 Å². The molecule has 3 amide bonds. The van der Waals surface area contributed by atoms with Gasteiger partial charge in [-0.15, -0.1) is 0 Å². The van der Waals surface area contributed by atoms with Crippen molar-refractivity contribution in [1.82, 2.24) is 10.6 Å². The lowest BCUT2D eigenvalue weighted by Crippen LogP contribution is -2.48. The summed E-state index contributed by atoms with van der Waals surface area (Å²) in [4.78, 5) is 26.3. The lowest BCUT2D eigenvalue weighted by Gasteiger charge is -2.31. The van der Waals surface area contributed by atoms with E-state index in [2.05, 4.69) is 40.7 Å². The van der Waals surface area contributed by atoms with Gasteiger partial charge in [0.15, 0.2) is 0 Å². The van der Waals surface area contributed by atoms with E-state index in [4.69, 9.17) is 0 Å². The Morgan fingerprint density at radius 3 is 2.75 bits per heavy atom. The third-order valence-electron chi connectivity index (χ3n) is 4.98. The zero-order valence-corrected chi connectivity index (χ0v) is 14.4. The number of rotatable bonds is 3. The van der Waals surface area contributed by atoms with Crippen molar-refractivity contribution in [3.05, 3.63) is 29.3 Å². The number of nitrogens with zero attached hydrogens (tertiary/aromatic N) is 1. The van der Waals surface area contributed by atoms with Crippen LogP contribution in [0.4, 0.5) is 10.5 Å².